The smallest absolute Gasteiger partial charge is 0.296 e. The van der Waals surface area contributed by atoms with Gasteiger partial charge < -0.3 is 0 Å². The van der Waals surface area contributed by atoms with Crippen LogP contribution < -0.4 is 11.2 Å². The zero-order chi connectivity index (χ0) is 23.9. The number of aromatic nitrogens is 2. The number of Topliss-reactive ketones (excluding diaryl/α,β-unsaturated/α-hetero) is 1. The summed E-state index contributed by atoms with van der Waals surface area (Å²) in [5.41, 5.74) is 1.87. The van der Waals surface area contributed by atoms with E-state index >= 15 is 0 Å². The van der Waals surface area contributed by atoms with Crippen molar-refractivity contribution in [3.8, 4) is 5.69 Å². The minimum atomic E-state index is -0.874. The lowest BCUT2D eigenvalue weighted by Crippen LogP contribution is -2.44. The monoisotopic (exact) mass is 440 g/mol. The molecular weight excluding hydrogens is 412 g/mol. The number of para-hydroxylation sites is 1. The predicted molar refractivity (Wildman–Crippen MR) is 132 cm³/mol. The van der Waals surface area contributed by atoms with E-state index in [1.54, 1.807) is 30.3 Å². The van der Waals surface area contributed by atoms with Gasteiger partial charge in [0.1, 0.15) is 6.04 Å². The number of ketones is 1. The molecule has 1 heterocycles. The molecule has 5 heteroatoms. The molecule has 0 saturated carbocycles. The summed E-state index contributed by atoms with van der Waals surface area (Å²) in [5.74, 6) is -0.105. The fraction of sp³-hybridized carbons (Fsp3) is 0.250. The summed E-state index contributed by atoms with van der Waals surface area (Å²) in [5, 5.41) is 0.389. The number of benzene rings is 3. The van der Waals surface area contributed by atoms with Gasteiger partial charge in [-0.05, 0) is 48.7 Å². The lowest BCUT2D eigenvalue weighted by Gasteiger charge is -2.28. The maximum Gasteiger partial charge on any atom is 0.337 e. The van der Waals surface area contributed by atoms with Gasteiger partial charge in [-0.1, -0.05) is 75.4 Å². The molecule has 0 aliphatic heterocycles. The quantitative estimate of drug-likeness (QED) is 0.450. The zero-order valence-electron chi connectivity index (χ0n) is 19.6. The van der Waals surface area contributed by atoms with E-state index < -0.39 is 22.7 Å². The molecular formula is C28H28N2O3. The van der Waals surface area contributed by atoms with E-state index in [0.717, 1.165) is 11.1 Å². The molecule has 1 unspecified atom stereocenters. The molecule has 5 nitrogen and oxygen atoms in total. The van der Waals surface area contributed by atoms with E-state index in [0.29, 0.717) is 22.2 Å². The van der Waals surface area contributed by atoms with E-state index in [2.05, 4.69) is 0 Å². The summed E-state index contributed by atoms with van der Waals surface area (Å²) < 4.78 is 2.69. The second-order valence-electron chi connectivity index (χ2n) is 9.46. The van der Waals surface area contributed by atoms with Crippen molar-refractivity contribution in [3.63, 3.8) is 0 Å². The van der Waals surface area contributed by atoms with Crippen LogP contribution in [0.2, 0.25) is 0 Å². The van der Waals surface area contributed by atoms with Crippen molar-refractivity contribution in [2.75, 3.05) is 0 Å². The molecule has 0 bridgehead atoms. The second-order valence-corrected chi connectivity index (χ2v) is 9.46. The van der Waals surface area contributed by atoms with Gasteiger partial charge in [0, 0.05) is 5.41 Å². The predicted octanol–water partition coefficient (Wildman–Crippen LogP) is 4.97. The third kappa shape index (κ3) is 3.84. The Labute approximate surface area is 192 Å². The first-order valence-corrected chi connectivity index (χ1v) is 11.0. The van der Waals surface area contributed by atoms with Crippen LogP contribution in [-0.2, 0) is 4.79 Å². The van der Waals surface area contributed by atoms with Gasteiger partial charge in [-0.3, -0.25) is 14.2 Å². The number of aryl methyl sites for hydroxylation is 1. The van der Waals surface area contributed by atoms with Crippen molar-refractivity contribution in [3.05, 3.63) is 110 Å². The lowest BCUT2D eigenvalue weighted by molar-refractivity contribution is -0.128. The van der Waals surface area contributed by atoms with Crippen LogP contribution in [-0.4, -0.2) is 14.9 Å². The Balaban J connectivity index is 2.19. The highest BCUT2D eigenvalue weighted by atomic mass is 16.2. The molecule has 0 amide bonds. The number of fused-ring (bicyclic) bond motifs is 1. The molecule has 33 heavy (non-hydrogen) atoms. The van der Waals surface area contributed by atoms with Crippen LogP contribution in [0, 0.1) is 19.3 Å². The minimum absolute atomic E-state index is 0.105. The number of rotatable bonds is 4. The minimum Gasteiger partial charge on any atom is -0.296 e. The Morgan fingerprint density at radius 3 is 2.12 bits per heavy atom. The van der Waals surface area contributed by atoms with Crippen molar-refractivity contribution < 1.29 is 4.79 Å². The molecule has 0 radical (unpaired) electrons. The van der Waals surface area contributed by atoms with Crippen molar-refractivity contribution in [2.45, 2.75) is 40.7 Å². The average molecular weight is 441 g/mol. The second kappa shape index (κ2) is 8.32. The van der Waals surface area contributed by atoms with E-state index in [9.17, 15) is 14.4 Å². The van der Waals surface area contributed by atoms with Gasteiger partial charge in [-0.2, -0.15) is 0 Å². The highest BCUT2D eigenvalue weighted by Gasteiger charge is 2.34. The van der Waals surface area contributed by atoms with Crippen LogP contribution in [0.25, 0.3) is 16.6 Å². The first-order valence-electron chi connectivity index (χ1n) is 11.0. The SMILES string of the molecule is Cc1cccc(-n2c(=O)c3ccccc3n(C(C(=O)C(C)(C)C)c3ccccc3)c2=O)c1C. The molecule has 0 N–H and O–H groups in total. The third-order valence-corrected chi connectivity index (χ3v) is 6.17. The Bertz CT molecular complexity index is 1470. The summed E-state index contributed by atoms with van der Waals surface area (Å²) in [4.78, 5) is 41.4. The van der Waals surface area contributed by atoms with Crippen LogP contribution in [0.15, 0.2) is 82.4 Å². The van der Waals surface area contributed by atoms with Crippen molar-refractivity contribution in [1.29, 1.82) is 0 Å². The van der Waals surface area contributed by atoms with Gasteiger partial charge in [-0.15, -0.1) is 0 Å². The summed E-state index contributed by atoms with van der Waals surface area (Å²) in [6, 6.07) is 20.9. The van der Waals surface area contributed by atoms with Gasteiger partial charge in [0.2, 0.25) is 0 Å². The summed E-state index contributed by atoms with van der Waals surface area (Å²) in [7, 11) is 0. The molecule has 0 spiro atoms. The fourth-order valence-corrected chi connectivity index (χ4v) is 4.19. The zero-order valence-corrected chi connectivity index (χ0v) is 19.6. The topological polar surface area (TPSA) is 61.1 Å². The fourth-order valence-electron chi connectivity index (χ4n) is 4.19. The molecule has 3 aromatic carbocycles. The van der Waals surface area contributed by atoms with Crippen LogP contribution in [0.3, 0.4) is 0 Å². The molecule has 4 rings (SSSR count). The summed E-state index contributed by atoms with van der Waals surface area (Å²) in [6.45, 7) is 9.38. The normalized spacial score (nSPS) is 12.6. The summed E-state index contributed by atoms with van der Waals surface area (Å²) >= 11 is 0. The number of hydrogen-bond acceptors (Lipinski definition) is 3. The molecule has 1 atom stereocenters. The van der Waals surface area contributed by atoms with E-state index in [4.69, 9.17) is 0 Å². The highest BCUT2D eigenvalue weighted by Crippen LogP contribution is 2.30. The van der Waals surface area contributed by atoms with Gasteiger partial charge in [0.25, 0.3) is 5.56 Å². The Morgan fingerprint density at radius 1 is 0.818 bits per heavy atom. The molecule has 0 saturated heterocycles. The van der Waals surface area contributed by atoms with Crippen LogP contribution in [0.1, 0.15) is 43.5 Å². The van der Waals surface area contributed by atoms with Gasteiger partial charge in [0.05, 0.1) is 16.6 Å². The number of nitrogens with zero attached hydrogens (tertiary/aromatic N) is 2. The molecule has 1 aromatic heterocycles. The number of carbonyl (C=O) groups is 1. The van der Waals surface area contributed by atoms with E-state index in [1.165, 1.54) is 9.13 Å². The standard InChI is InChI=1S/C28H28N2O3/c1-18-12-11-17-22(19(18)2)30-26(32)21-15-9-10-16-23(21)29(27(30)33)24(25(31)28(3,4)5)20-13-7-6-8-14-20/h6-17,24H,1-5H3. The van der Waals surface area contributed by atoms with Crippen LogP contribution in [0.5, 0.6) is 0 Å². The molecule has 4 aromatic rings. The first-order chi connectivity index (χ1) is 15.6. The van der Waals surface area contributed by atoms with Crippen molar-refractivity contribution in [1.82, 2.24) is 9.13 Å². The van der Waals surface area contributed by atoms with E-state index in [-0.39, 0.29) is 5.78 Å². The lowest BCUT2D eigenvalue weighted by atomic mass is 9.83. The van der Waals surface area contributed by atoms with Gasteiger partial charge in [0.15, 0.2) is 5.78 Å². The molecule has 0 aliphatic carbocycles. The Morgan fingerprint density at radius 2 is 1.45 bits per heavy atom. The molecule has 0 fully saturated rings. The van der Waals surface area contributed by atoms with Gasteiger partial charge >= 0.3 is 5.69 Å². The van der Waals surface area contributed by atoms with Crippen LogP contribution in [0.4, 0.5) is 0 Å². The number of hydrogen-bond donors (Lipinski definition) is 0. The van der Waals surface area contributed by atoms with Crippen molar-refractivity contribution >= 4 is 16.7 Å². The largest absolute Gasteiger partial charge is 0.337 e. The first kappa shape index (κ1) is 22.5. The number of carbonyl (C=O) groups excluding carboxylic acids is 1. The average Bonchev–Trinajstić information content (AvgIpc) is 2.79. The van der Waals surface area contributed by atoms with Crippen LogP contribution >= 0.6 is 0 Å². The molecule has 168 valence electrons. The highest BCUT2D eigenvalue weighted by molar-refractivity contribution is 5.92. The Kier molecular flexibility index (Phi) is 5.66. The van der Waals surface area contributed by atoms with Gasteiger partial charge in [-0.25, -0.2) is 9.36 Å². The van der Waals surface area contributed by atoms with Crippen molar-refractivity contribution in [2.24, 2.45) is 5.41 Å². The Hall–Kier alpha value is -3.73. The third-order valence-electron chi connectivity index (χ3n) is 6.17. The summed E-state index contributed by atoms with van der Waals surface area (Å²) in [6.07, 6.45) is 0. The maximum atomic E-state index is 14.1. The van der Waals surface area contributed by atoms with E-state index in [1.807, 2.05) is 77.1 Å². The maximum absolute atomic E-state index is 14.1. The molecule has 0 aliphatic rings.